The van der Waals surface area contributed by atoms with Gasteiger partial charge in [0, 0.05) is 11.9 Å². The van der Waals surface area contributed by atoms with Gasteiger partial charge in [0.2, 0.25) is 0 Å². The third kappa shape index (κ3) is 3.28. The van der Waals surface area contributed by atoms with Crippen molar-refractivity contribution >= 4 is 11.7 Å². The Morgan fingerprint density at radius 2 is 2.05 bits per heavy atom. The molecule has 0 atom stereocenters. The third-order valence-electron chi connectivity index (χ3n) is 2.60. The highest BCUT2D eigenvalue weighted by atomic mass is 19.1. The summed E-state index contributed by atoms with van der Waals surface area (Å²) in [6, 6.07) is 9.30. The summed E-state index contributed by atoms with van der Waals surface area (Å²) in [6.45, 7) is 0.358. The minimum absolute atomic E-state index is 0.293. The Balaban J connectivity index is 2.11. The van der Waals surface area contributed by atoms with E-state index in [1.807, 2.05) is 0 Å². The Labute approximate surface area is 110 Å². The van der Waals surface area contributed by atoms with Crippen molar-refractivity contribution in [3.8, 4) is 0 Å². The standard InChI is InChI=1S/C14H13FN2O2/c1-19-14(18)12-3-2-8-16-13(12)9-17-11-6-4-10(15)5-7-11/h2-8,17H,9H2,1H3. The lowest BCUT2D eigenvalue weighted by Gasteiger charge is -2.09. The molecule has 19 heavy (non-hydrogen) atoms. The molecule has 1 aromatic carbocycles. The number of methoxy groups -OCH3 is 1. The summed E-state index contributed by atoms with van der Waals surface area (Å²) >= 11 is 0. The summed E-state index contributed by atoms with van der Waals surface area (Å²) in [7, 11) is 1.33. The summed E-state index contributed by atoms with van der Waals surface area (Å²) in [6.07, 6.45) is 1.61. The van der Waals surface area contributed by atoms with Gasteiger partial charge in [-0.15, -0.1) is 0 Å². The molecule has 0 radical (unpaired) electrons. The van der Waals surface area contributed by atoms with Gasteiger partial charge in [-0.25, -0.2) is 9.18 Å². The molecule has 0 spiro atoms. The number of hydrogen-bond acceptors (Lipinski definition) is 4. The molecule has 1 N–H and O–H groups in total. The number of ether oxygens (including phenoxy) is 1. The summed E-state index contributed by atoms with van der Waals surface area (Å²) in [5.41, 5.74) is 1.75. The molecule has 0 fully saturated rings. The van der Waals surface area contributed by atoms with Gasteiger partial charge in [0.1, 0.15) is 5.82 Å². The number of carbonyl (C=O) groups is 1. The molecule has 2 rings (SSSR count). The summed E-state index contributed by atoms with van der Waals surface area (Å²) < 4.78 is 17.5. The average molecular weight is 260 g/mol. The van der Waals surface area contributed by atoms with Crippen LogP contribution in [-0.2, 0) is 11.3 Å². The fourth-order valence-corrected chi connectivity index (χ4v) is 1.63. The molecule has 4 nitrogen and oxygen atoms in total. The zero-order valence-corrected chi connectivity index (χ0v) is 10.4. The second-order valence-electron chi connectivity index (χ2n) is 3.85. The van der Waals surface area contributed by atoms with Gasteiger partial charge >= 0.3 is 5.97 Å². The largest absolute Gasteiger partial charge is 0.465 e. The monoisotopic (exact) mass is 260 g/mol. The van der Waals surface area contributed by atoms with Crippen LogP contribution in [0, 0.1) is 5.82 Å². The molecule has 0 saturated carbocycles. The van der Waals surface area contributed by atoms with Gasteiger partial charge < -0.3 is 10.1 Å². The van der Waals surface area contributed by atoms with E-state index in [0.29, 0.717) is 17.8 Å². The maximum Gasteiger partial charge on any atom is 0.339 e. The molecule has 0 saturated heterocycles. The summed E-state index contributed by atoms with van der Waals surface area (Å²) in [5.74, 6) is -0.720. The number of halogens is 1. The van der Waals surface area contributed by atoms with E-state index in [1.54, 1.807) is 30.5 Å². The van der Waals surface area contributed by atoms with Crippen LogP contribution in [0.1, 0.15) is 16.1 Å². The molecule has 1 aromatic heterocycles. The van der Waals surface area contributed by atoms with E-state index in [4.69, 9.17) is 0 Å². The Morgan fingerprint density at radius 1 is 1.32 bits per heavy atom. The molecule has 0 amide bonds. The second-order valence-corrected chi connectivity index (χ2v) is 3.85. The lowest BCUT2D eigenvalue weighted by atomic mass is 10.2. The van der Waals surface area contributed by atoms with Gasteiger partial charge in [0.15, 0.2) is 0 Å². The SMILES string of the molecule is COC(=O)c1cccnc1CNc1ccc(F)cc1. The number of pyridine rings is 1. The first-order chi connectivity index (χ1) is 9.20. The Kier molecular flexibility index (Phi) is 4.07. The summed E-state index contributed by atoms with van der Waals surface area (Å²) in [4.78, 5) is 15.7. The van der Waals surface area contributed by atoms with Crippen LogP contribution in [0.2, 0.25) is 0 Å². The molecule has 0 bridgehead atoms. The lowest BCUT2D eigenvalue weighted by Crippen LogP contribution is -2.10. The third-order valence-corrected chi connectivity index (χ3v) is 2.60. The highest BCUT2D eigenvalue weighted by Crippen LogP contribution is 2.12. The van der Waals surface area contributed by atoms with Crippen molar-refractivity contribution < 1.29 is 13.9 Å². The molecule has 1 heterocycles. The minimum Gasteiger partial charge on any atom is -0.465 e. The quantitative estimate of drug-likeness (QED) is 0.858. The minimum atomic E-state index is -0.427. The molecular weight excluding hydrogens is 247 g/mol. The molecule has 0 unspecified atom stereocenters. The number of nitrogens with one attached hydrogen (secondary N) is 1. The van der Waals surface area contributed by atoms with Crippen LogP contribution in [0.15, 0.2) is 42.6 Å². The molecule has 0 aliphatic carbocycles. The first kappa shape index (κ1) is 13.0. The van der Waals surface area contributed by atoms with E-state index in [2.05, 4.69) is 15.0 Å². The number of esters is 1. The van der Waals surface area contributed by atoms with Gasteiger partial charge in [-0.1, -0.05) is 0 Å². The van der Waals surface area contributed by atoms with Crippen LogP contribution in [0.3, 0.4) is 0 Å². The van der Waals surface area contributed by atoms with Crippen molar-refractivity contribution in [2.45, 2.75) is 6.54 Å². The topological polar surface area (TPSA) is 51.2 Å². The molecule has 2 aromatic rings. The van der Waals surface area contributed by atoms with Crippen molar-refractivity contribution in [1.82, 2.24) is 4.98 Å². The maximum absolute atomic E-state index is 12.8. The fraction of sp³-hybridized carbons (Fsp3) is 0.143. The Morgan fingerprint density at radius 3 is 2.74 bits per heavy atom. The fourth-order valence-electron chi connectivity index (χ4n) is 1.63. The average Bonchev–Trinajstić information content (AvgIpc) is 2.46. The molecule has 5 heteroatoms. The highest BCUT2D eigenvalue weighted by molar-refractivity contribution is 5.90. The number of carbonyl (C=O) groups excluding carboxylic acids is 1. The van der Waals surface area contributed by atoms with E-state index in [0.717, 1.165) is 5.69 Å². The van der Waals surface area contributed by atoms with E-state index in [-0.39, 0.29) is 5.82 Å². The molecule has 0 aliphatic heterocycles. The van der Waals surface area contributed by atoms with Gasteiger partial charge in [0.05, 0.1) is 24.9 Å². The Hall–Kier alpha value is -2.43. The van der Waals surface area contributed by atoms with Gasteiger partial charge in [-0.3, -0.25) is 4.98 Å². The van der Waals surface area contributed by atoms with Crippen LogP contribution in [0.5, 0.6) is 0 Å². The molecule has 0 aliphatic rings. The van der Waals surface area contributed by atoms with Crippen LogP contribution < -0.4 is 5.32 Å². The predicted molar refractivity (Wildman–Crippen MR) is 69.3 cm³/mol. The van der Waals surface area contributed by atoms with Gasteiger partial charge in [-0.05, 0) is 36.4 Å². The van der Waals surface area contributed by atoms with Crippen molar-refractivity contribution in [3.05, 3.63) is 59.7 Å². The highest BCUT2D eigenvalue weighted by Gasteiger charge is 2.11. The van der Waals surface area contributed by atoms with Crippen LogP contribution >= 0.6 is 0 Å². The van der Waals surface area contributed by atoms with Crippen molar-refractivity contribution in [1.29, 1.82) is 0 Å². The number of aromatic nitrogens is 1. The molecule has 98 valence electrons. The first-order valence-electron chi connectivity index (χ1n) is 5.72. The van der Waals surface area contributed by atoms with E-state index in [1.165, 1.54) is 19.2 Å². The number of benzene rings is 1. The van der Waals surface area contributed by atoms with Crippen molar-refractivity contribution in [2.24, 2.45) is 0 Å². The van der Waals surface area contributed by atoms with Crippen molar-refractivity contribution in [2.75, 3.05) is 12.4 Å². The molecular formula is C14H13FN2O2. The van der Waals surface area contributed by atoms with E-state index >= 15 is 0 Å². The van der Waals surface area contributed by atoms with Crippen LogP contribution in [-0.4, -0.2) is 18.1 Å². The summed E-state index contributed by atoms with van der Waals surface area (Å²) in [5, 5.41) is 3.07. The van der Waals surface area contributed by atoms with Crippen LogP contribution in [0.25, 0.3) is 0 Å². The van der Waals surface area contributed by atoms with Crippen LogP contribution in [0.4, 0.5) is 10.1 Å². The Bertz CT molecular complexity index is 570. The normalized spacial score (nSPS) is 10.0. The smallest absolute Gasteiger partial charge is 0.339 e. The predicted octanol–water partition coefficient (Wildman–Crippen LogP) is 2.62. The van der Waals surface area contributed by atoms with E-state index in [9.17, 15) is 9.18 Å². The zero-order chi connectivity index (χ0) is 13.7. The number of anilines is 1. The maximum atomic E-state index is 12.8. The lowest BCUT2D eigenvalue weighted by molar-refractivity contribution is 0.0599. The number of rotatable bonds is 4. The van der Waals surface area contributed by atoms with Gasteiger partial charge in [0.25, 0.3) is 0 Å². The number of hydrogen-bond donors (Lipinski definition) is 1. The second kappa shape index (κ2) is 5.95. The number of nitrogens with zero attached hydrogens (tertiary/aromatic N) is 1. The van der Waals surface area contributed by atoms with Crippen molar-refractivity contribution in [3.63, 3.8) is 0 Å². The zero-order valence-electron chi connectivity index (χ0n) is 10.4. The van der Waals surface area contributed by atoms with E-state index < -0.39 is 5.97 Å². The first-order valence-corrected chi connectivity index (χ1v) is 5.72. The van der Waals surface area contributed by atoms with Gasteiger partial charge in [-0.2, -0.15) is 0 Å².